The summed E-state index contributed by atoms with van der Waals surface area (Å²) in [6.07, 6.45) is -4.61. The number of aromatic hydroxyl groups is 1. The van der Waals surface area contributed by atoms with Gasteiger partial charge in [0.15, 0.2) is 0 Å². The first kappa shape index (κ1) is 23.8. The van der Waals surface area contributed by atoms with Crippen molar-refractivity contribution in [3.05, 3.63) is 94.8 Å². The Labute approximate surface area is 196 Å². The zero-order chi connectivity index (χ0) is 25.5. The lowest BCUT2D eigenvalue weighted by Gasteiger charge is -2.26. The van der Waals surface area contributed by atoms with Crippen LogP contribution in [0.15, 0.2) is 72.3 Å². The van der Waals surface area contributed by atoms with Crippen LogP contribution >= 0.6 is 0 Å². The number of ether oxygens (including phenoxy) is 1. The van der Waals surface area contributed by atoms with E-state index >= 15 is 0 Å². The Morgan fingerprint density at radius 2 is 1.60 bits per heavy atom. The lowest BCUT2D eigenvalue weighted by molar-refractivity contribution is -0.137. The fourth-order valence-corrected chi connectivity index (χ4v) is 3.89. The second-order valence-electron chi connectivity index (χ2n) is 7.65. The molecule has 35 heavy (non-hydrogen) atoms. The molecule has 3 aromatic rings. The number of benzene rings is 3. The van der Waals surface area contributed by atoms with Gasteiger partial charge in [0.25, 0.3) is 11.7 Å². The minimum Gasteiger partial charge on any atom is -0.508 e. The highest BCUT2D eigenvalue weighted by Crippen LogP contribution is 2.44. The molecule has 6 nitrogen and oxygen atoms in total. The van der Waals surface area contributed by atoms with Crippen LogP contribution in [0, 0.1) is 5.82 Å². The van der Waals surface area contributed by atoms with E-state index in [9.17, 15) is 37.4 Å². The third kappa shape index (κ3) is 4.30. The third-order valence-corrected chi connectivity index (χ3v) is 5.54. The van der Waals surface area contributed by atoms with Crippen molar-refractivity contribution in [2.45, 2.75) is 12.2 Å². The van der Waals surface area contributed by atoms with E-state index in [1.165, 1.54) is 37.4 Å². The first-order valence-electron chi connectivity index (χ1n) is 10.1. The molecule has 4 rings (SSSR count). The second kappa shape index (κ2) is 8.79. The Hall–Kier alpha value is -4.34. The number of halogens is 4. The standard InChI is InChI=1S/C25H17F4NO5/c1-35-19-11-6-15(26)12-18(19)22(32)20-21(13-2-9-17(31)10-3-13)30(24(34)23(20)33)16-7-4-14(5-8-16)25(27,28)29/h2-12,21,31-32H,1H3/b22-20+. The number of aliphatic hydroxyl groups excluding tert-OH is 1. The molecule has 0 aliphatic carbocycles. The molecular formula is C25H17F4NO5. The van der Waals surface area contributed by atoms with Crippen LogP contribution in [0.25, 0.3) is 5.76 Å². The van der Waals surface area contributed by atoms with Crippen molar-refractivity contribution in [3.8, 4) is 11.5 Å². The van der Waals surface area contributed by atoms with Crippen molar-refractivity contribution in [1.29, 1.82) is 0 Å². The molecule has 2 N–H and O–H groups in total. The first-order valence-corrected chi connectivity index (χ1v) is 10.1. The minimum absolute atomic E-state index is 0.0223. The summed E-state index contributed by atoms with van der Waals surface area (Å²) in [5.41, 5.74) is -1.35. The summed E-state index contributed by atoms with van der Waals surface area (Å²) >= 11 is 0. The third-order valence-electron chi connectivity index (χ3n) is 5.54. The van der Waals surface area contributed by atoms with Crippen LogP contribution < -0.4 is 9.64 Å². The maximum absolute atomic E-state index is 14.0. The number of alkyl halides is 3. The average molecular weight is 487 g/mol. The molecule has 1 atom stereocenters. The predicted octanol–water partition coefficient (Wildman–Crippen LogP) is 5.19. The van der Waals surface area contributed by atoms with Crippen molar-refractivity contribution in [3.63, 3.8) is 0 Å². The van der Waals surface area contributed by atoms with Gasteiger partial charge in [0.1, 0.15) is 23.1 Å². The summed E-state index contributed by atoms with van der Waals surface area (Å²) in [4.78, 5) is 27.1. The quantitative estimate of drug-likeness (QED) is 0.229. The molecule has 1 amide bonds. The maximum Gasteiger partial charge on any atom is 0.416 e. The highest BCUT2D eigenvalue weighted by atomic mass is 19.4. The average Bonchev–Trinajstić information content (AvgIpc) is 3.09. The summed E-state index contributed by atoms with van der Waals surface area (Å²) < 4.78 is 58.2. The fourth-order valence-electron chi connectivity index (χ4n) is 3.89. The van der Waals surface area contributed by atoms with E-state index in [2.05, 4.69) is 0 Å². The molecule has 180 valence electrons. The molecule has 1 aliphatic rings. The summed E-state index contributed by atoms with van der Waals surface area (Å²) in [7, 11) is 1.27. The molecule has 10 heteroatoms. The van der Waals surface area contributed by atoms with Crippen LogP contribution in [0.5, 0.6) is 11.5 Å². The number of rotatable bonds is 4. The van der Waals surface area contributed by atoms with E-state index in [4.69, 9.17) is 4.74 Å². The topological polar surface area (TPSA) is 87.1 Å². The number of hydrogen-bond acceptors (Lipinski definition) is 5. The Balaban J connectivity index is 1.94. The maximum atomic E-state index is 14.0. The molecule has 1 aliphatic heterocycles. The van der Waals surface area contributed by atoms with Gasteiger partial charge in [-0.1, -0.05) is 12.1 Å². The monoisotopic (exact) mass is 487 g/mol. The minimum atomic E-state index is -4.61. The zero-order valence-electron chi connectivity index (χ0n) is 18.0. The van der Waals surface area contributed by atoms with Crippen LogP contribution in [0.3, 0.4) is 0 Å². The number of Topliss-reactive ketones (excluding diaryl/α,β-unsaturated/α-hetero) is 1. The number of amides is 1. The SMILES string of the molecule is COc1ccc(F)cc1/C(O)=C1\C(=O)C(=O)N(c2ccc(C(F)(F)F)cc2)C1c1ccc(O)cc1. The van der Waals surface area contributed by atoms with E-state index < -0.39 is 46.6 Å². The Kier molecular flexibility index (Phi) is 5.98. The molecule has 0 aromatic heterocycles. The van der Waals surface area contributed by atoms with E-state index in [1.807, 2.05) is 0 Å². The molecule has 1 heterocycles. The van der Waals surface area contributed by atoms with Gasteiger partial charge in [-0.2, -0.15) is 13.2 Å². The van der Waals surface area contributed by atoms with E-state index in [1.54, 1.807) is 0 Å². The Morgan fingerprint density at radius 1 is 0.971 bits per heavy atom. The van der Waals surface area contributed by atoms with Gasteiger partial charge in [0.2, 0.25) is 0 Å². The lowest BCUT2D eigenvalue weighted by atomic mass is 9.94. The van der Waals surface area contributed by atoms with Crippen molar-refractivity contribution in [1.82, 2.24) is 0 Å². The van der Waals surface area contributed by atoms with Crippen LogP contribution in [0.4, 0.5) is 23.2 Å². The molecular weight excluding hydrogens is 470 g/mol. The number of nitrogens with zero attached hydrogens (tertiary/aromatic N) is 1. The zero-order valence-corrected chi connectivity index (χ0v) is 18.0. The fraction of sp³-hybridized carbons (Fsp3) is 0.120. The van der Waals surface area contributed by atoms with E-state index in [0.29, 0.717) is 0 Å². The normalized spacial score (nSPS) is 17.6. The van der Waals surface area contributed by atoms with Crippen molar-refractivity contribution in [2.75, 3.05) is 12.0 Å². The van der Waals surface area contributed by atoms with Crippen LogP contribution in [0.1, 0.15) is 22.7 Å². The van der Waals surface area contributed by atoms with Gasteiger partial charge < -0.3 is 14.9 Å². The summed E-state index contributed by atoms with van der Waals surface area (Å²) in [6, 6.07) is 10.9. The summed E-state index contributed by atoms with van der Waals surface area (Å²) in [5.74, 6) is -3.81. The van der Waals surface area contributed by atoms with Crippen molar-refractivity contribution >= 4 is 23.1 Å². The number of carbonyl (C=O) groups excluding carboxylic acids is 2. The van der Waals surface area contributed by atoms with E-state index in [0.717, 1.165) is 41.3 Å². The number of aliphatic hydroxyl groups is 1. The molecule has 0 bridgehead atoms. The molecule has 1 unspecified atom stereocenters. The van der Waals surface area contributed by atoms with Gasteiger partial charge in [0, 0.05) is 5.69 Å². The number of methoxy groups -OCH3 is 1. The summed E-state index contributed by atoms with van der Waals surface area (Å²) in [6.45, 7) is 0. The molecule has 0 radical (unpaired) electrons. The van der Waals surface area contributed by atoms with Gasteiger partial charge in [0.05, 0.1) is 29.9 Å². The number of carbonyl (C=O) groups is 2. The second-order valence-corrected chi connectivity index (χ2v) is 7.65. The predicted molar refractivity (Wildman–Crippen MR) is 117 cm³/mol. The van der Waals surface area contributed by atoms with E-state index in [-0.39, 0.29) is 28.3 Å². The van der Waals surface area contributed by atoms with Crippen LogP contribution in [0.2, 0.25) is 0 Å². The van der Waals surface area contributed by atoms with Crippen molar-refractivity contribution in [2.24, 2.45) is 0 Å². The first-order chi connectivity index (χ1) is 16.5. The number of phenols is 1. The van der Waals surface area contributed by atoms with Gasteiger partial charge in [-0.05, 0) is 60.2 Å². The van der Waals surface area contributed by atoms with Gasteiger partial charge in [-0.15, -0.1) is 0 Å². The van der Waals surface area contributed by atoms with Crippen LogP contribution in [-0.4, -0.2) is 29.0 Å². The summed E-state index contributed by atoms with van der Waals surface area (Å²) in [5, 5.41) is 20.8. The highest BCUT2D eigenvalue weighted by molar-refractivity contribution is 6.51. The number of phenolic OH excluding ortho intramolecular Hbond substituents is 1. The van der Waals surface area contributed by atoms with Crippen molar-refractivity contribution < 1.29 is 42.1 Å². The van der Waals surface area contributed by atoms with Gasteiger partial charge >= 0.3 is 6.18 Å². The number of hydrogen-bond donors (Lipinski definition) is 2. The number of ketones is 1. The molecule has 1 saturated heterocycles. The Bertz CT molecular complexity index is 1330. The smallest absolute Gasteiger partial charge is 0.416 e. The Morgan fingerprint density at radius 3 is 2.17 bits per heavy atom. The van der Waals surface area contributed by atoms with Gasteiger partial charge in [-0.25, -0.2) is 4.39 Å². The number of anilines is 1. The largest absolute Gasteiger partial charge is 0.508 e. The van der Waals surface area contributed by atoms with Crippen LogP contribution in [-0.2, 0) is 15.8 Å². The molecule has 0 spiro atoms. The van der Waals surface area contributed by atoms with Gasteiger partial charge in [-0.3, -0.25) is 14.5 Å². The molecule has 1 fully saturated rings. The highest BCUT2D eigenvalue weighted by Gasteiger charge is 2.47. The molecule has 3 aromatic carbocycles. The molecule has 0 saturated carbocycles. The lowest BCUT2D eigenvalue weighted by Crippen LogP contribution is -2.29.